The number of aromatic nitrogens is 1. The first-order valence-electron chi connectivity index (χ1n) is 5.43. The summed E-state index contributed by atoms with van der Waals surface area (Å²) >= 11 is 14.7. The first kappa shape index (κ1) is 15.7. The Morgan fingerprint density at radius 3 is 2.65 bits per heavy atom. The molecule has 0 atom stereocenters. The Morgan fingerprint density at radius 1 is 1.25 bits per heavy atom. The molecule has 0 aliphatic carbocycles. The van der Waals surface area contributed by atoms with Crippen LogP contribution in [0.3, 0.4) is 0 Å². The number of hydrogen-bond donors (Lipinski definition) is 1. The van der Waals surface area contributed by atoms with E-state index in [-0.39, 0.29) is 16.6 Å². The third-order valence-electron chi connectivity index (χ3n) is 2.44. The van der Waals surface area contributed by atoms with Crippen molar-refractivity contribution in [1.82, 2.24) is 9.71 Å². The third-order valence-corrected chi connectivity index (χ3v) is 5.17. The van der Waals surface area contributed by atoms with Gasteiger partial charge in [-0.15, -0.1) is 0 Å². The predicted molar refractivity (Wildman–Crippen MR) is 82.4 cm³/mol. The Hall–Kier alpha value is -0.660. The lowest BCUT2D eigenvalue weighted by molar-refractivity contribution is 0.581. The van der Waals surface area contributed by atoms with E-state index in [9.17, 15) is 8.42 Å². The molecule has 0 unspecified atom stereocenters. The van der Waals surface area contributed by atoms with Gasteiger partial charge in [-0.05, 0) is 39.7 Å². The minimum atomic E-state index is -3.65. The molecular weight excluding hydrogens is 387 g/mol. The summed E-state index contributed by atoms with van der Waals surface area (Å²) in [5, 5.41) is 0.761. The molecule has 0 radical (unpaired) electrons. The Bertz CT molecular complexity index is 738. The molecule has 0 saturated heterocycles. The quantitative estimate of drug-likeness (QED) is 0.804. The Kier molecular flexibility index (Phi) is 5.04. The molecule has 8 heteroatoms. The Labute approximate surface area is 135 Å². The van der Waals surface area contributed by atoms with E-state index in [1.54, 1.807) is 24.3 Å². The average molecular weight is 396 g/mol. The molecule has 1 aromatic heterocycles. The van der Waals surface area contributed by atoms with Gasteiger partial charge in [0.2, 0.25) is 10.0 Å². The molecule has 2 rings (SSSR count). The van der Waals surface area contributed by atoms with Crippen LogP contribution in [-0.2, 0) is 16.6 Å². The summed E-state index contributed by atoms with van der Waals surface area (Å²) in [6.45, 7) is 0.142. The van der Waals surface area contributed by atoms with Gasteiger partial charge >= 0.3 is 0 Å². The highest BCUT2D eigenvalue weighted by Crippen LogP contribution is 2.22. The molecule has 0 saturated carbocycles. The van der Waals surface area contributed by atoms with Crippen molar-refractivity contribution in [2.24, 2.45) is 0 Å². The zero-order valence-corrected chi connectivity index (χ0v) is 13.9. The molecule has 0 amide bonds. The van der Waals surface area contributed by atoms with Crippen LogP contribution < -0.4 is 4.72 Å². The summed E-state index contributed by atoms with van der Waals surface area (Å²) in [6.07, 6.45) is 1.20. The number of halogens is 3. The van der Waals surface area contributed by atoms with Crippen molar-refractivity contribution < 1.29 is 8.42 Å². The summed E-state index contributed by atoms with van der Waals surface area (Å²) < 4.78 is 27.1. The van der Waals surface area contributed by atoms with Gasteiger partial charge in [-0.2, -0.15) is 0 Å². The van der Waals surface area contributed by atoms with Crippen LogP contribution in [0.5, 0.6) is 0 Å². The number of hydrogen-bond acceptors (Lipinski definition) is 3. The monoisotopic (exact) mass is 394 g/mol. The van der Waals surface area contributed by atoms with Crippen LogP contribution in [0.25, 0.3) is 0 Å². The molecular formula is C12H9BrCl2N2O2S. The topological polar surface area (TPSA) is 59.1 Å². The molecule has 4 nitrogen and oxygen atoms in total. The molecule has 0 aliphatic rings. The molecule has 0 fully saturated rings. The minimum Gasteiger partial charge on any atom is -0.242 e. The molecule has 1 aromatic carbocycles. The van der Waals surface area contributed by atoms with Gasteiger partial charge in [-0.3, -0.25) is 0 Å². The molecule has 0 aliphatic heterocycles. The summed E-state index contributed by atoms with van der Waals surface area (Å²) in [6, 6.07) is 8.35. The fourth-order valence-electron chi connectivity index (χ4n) is 1.46. The lowest BCUT2D eigenvalue weighted by Crippen LogP contribution is -2.23. The average Bonchev–Trinajstić information content (AvgIpc) is 2.40. The molecule has 1 N–H and O–H groups in total. The van der Waals surface area contributed by atoms with Crippen molar-refractivity contribution in [3.63, 3.8) is 0 Å². The second kappa shape index (κ2) is 6.41. The van der Waals surface area contributed by atoms with E-state index < -0.39 is 10.0 Å². The molecule has 20 heavy (non-hydrogen) atoms. The number of rotatable bonds is 4. The zero-order chi connectivity index (χ0) is 14.8. The van der Waals surface area contributed by atoms with Crippen LogP contribution in [-0.4, -0.2) is 13.4 Å². The van der Waals surface area contributed by atoms with Crippen LogP contribution in [0.2, 0.25) is 10.2 Å². The van der Waals surface area contributed by atoms with Crippen molar-refractivity contribution in [2.75, 3.05) is 0 Å². The number of benzene rings is 1. The predicted octanol–water partition coefficient (Wildman–Crippen LogP) is 3.63. The number of nitrogens with one attached hydrogen (secondary N) is 1. The van der Waals surface area contributed by atoms with Gasteiger partial charge < -0.3 is 0 Å². The minimum absolute atomic E-state index is 0.0378. The summed E-state index contributed by atoms with van der Waals surface area (Å²) in [5.41, 5.74) is 0.766. The second-order valence-corrected chi connectivity index (χ2v) is 7.31. The SMILES string of the molecule is O=S(=O)(NCc1cccc(Cl)c1)c1cnc(Cl)c(Br)c1. The van der Waals surface area contributed by atoms with E-state index >= 15 is 0 Å². The van der Waals surface area contributed by atoms with Crippen LogP contribution >= 0.6 is 39.1 Å². The Balaban J connectivity index is 2.17. The van der Waals surface area contributed by atoms with Gasteiger partial charge in [0.1, 0.15) is 10.0 Å². The first-order chi connectivity index (χ1) is 9.38. The second-order valence-electron chi connectivity index (χ2n) is 3.90. The van der Waals surface area contributed by atoms with Gasteiger partial charge in [-0.25, -0.2) is 18.1 Å². The van der Waals surface area contributed by atoms with Crippen molar-refractivity contribution in [2.45, 2.75) is 11.4 Å². The maximum atomic E-state index is 12.1. The molecule has 0 bridgehead atoms. The number of nitrogens with zero attached hydrogens (tertiary/aromatic N) is 1. The maximum absolute atomic E-state index is 12.1. The van der Waals surface area contributed by atoms with Crippen LogP contribution in [0.1, 0.15) is 5.56 Å². The zero-order valence-electron chi connectivity index (χ0n) is 9.98. The fourth-order valence-corrected chi connectivity index (χ4v) is 3.26. The van der Waals surface area contributed by atoms with Gasteiger partial charge in [0.15, 0.2) is 0 Å². The molecule has 1 heterocycles. The number of pyridine rings is 1. The van der Waals surface area contributed by atoms with E-state index in [4.69, 9.17) is 23.2 Å². The highest BCUT2D eigenvalue weighted by molar-refractivity contribution is 9.10. The van der Waals surface area contributed by atoms with Gasteiger partial charge in [0, 0.05) is 17.8 Å². The van der Waals surface area contributed by atoms with Crippen LogP contribution in [0.4, 0.5) is 0 Å². The smallest absolute Gasteiger partial charge is 0.242 e. The van der Waals surface area contributed by atoms with Crippen molar-refractivity contribution in [1.29, 1.82) is 0 Å². The van der Waals surface area contributed by atoms with E-state index in [1.807, 2.05) is 0 Å². The van der Waals surface area contributed by atoms with Crippen molar-refractivity contribution >= 4 is 49.2 Å². The largest absolute Gasteiger partial charge is 0.242 e. The van der Waals surface area contributed by atoms with Crippen molar-refractivity contribution in [3.8, 4) is 0 Å². The normalized spacial score (nSPS) is 11.6. The van der Waals surface area contributed by atoms with E-state index in [0.717, 1.165) is 5.56 Å². The van der Waals surface area contributed by atoms with E-state index in [0.29, 0.717) is 9.50 Å². The third kappa shape index (κ3) is 3.93. The van der Waals surface area contributed by atoms with E-state index in [2.05, 4.69) is 25.6 Å². The molecule has 0 spiro atoms. The summed E-state index contributed by atoms with van der Waals surface area (Å²) in [4.78, 5) is 3.83. The van der Waals surface area contributed by atoms with Gasteiger partial charge in [0.05, 0.1) is 4.47 Å². The fraction of sp³-hybridized carbons (Fsp3) is 0.0833. The highest BCUT2D eigenvalue weighted by atomic mass is 79.9. The Morgan fingerprint density at radius 2 is 2.00 bits per heavy atom. The van der Waals surface area contributed by atoms with Gasteiger partial charge in [0.25, 0.3) is 0 Å². The standard InChI is InChI=1S/C12H9BrCl2N2O2S/c13-11-5-10(7-16-12(11)15)20(18,19)17-6-8-2-1-3-9(14)4-8/h1-5,7,17H,6H2. The lowest BCUT2D eigenvalue weighted by atomic mass is 10.2. The summed E-state index contributed by atoms with van der Waals surface area (Å²) in [5.74, 6) is 0. The first-order valence-corrected chi connectivity index (χ1v) is 8.47. The van der Waals surface area contributed by atoms with Crippen LogP contribution in [0.15, 0.2) is 45.9 Å². The molecule has 2 aromatic rings. The lowest BCUT2D eigenvalue weighted by Gasteiger charge is -2.07. The molecule has 106 valence electrons. The van der Waals surface area contributed by atoms with Crippen molar-refractivity contribution in [3.05, 3.63) is 56.7 Å². The number of sulfonamides is 1. The van der Waals surface area contributed by atoms with E-state index in [1.165, 1.54) is 12.3 Å². The van der Waals surface area contributed by atoms with Gasteiger partial charge in [-0.1, -0.05) is 35.3 Å². The van der Waals surface area contributed by atoms with Crippen LogP contribution in [0, 0.1) is 0 Å². The maximum Gasteiger partial charge on any atom is 0.242 e. The highest BCUT2D eigenvalue weighted by Gasteiger charge is 2.15. The summed E-state index contributed by atoms with van der Waals surface area (Å²) in [7, 11) is -3.65.